The Hall–Kier alpha value is -1.76. The summed E-state index contributed by atoms with van der Waals surface area (Å²) in [6.07, 6.45) is 4.90. The average molecular weight is 395 g/mol. The summed E-state index contributed by atoms with van der Waals surface area (Å²) in [7, 11) is 1.73. The number of nitrogens with one attached hydrogen (secondary N) is 2. The van der Waals surface area contributed by atoms with E-state index in [2.05, 4.69) is 22.5 Å². The zero-order chi connectivity index (χ0) is 19.5. The molecule has 2 rings (SSSR count). The second-order valence-corrected chi connectivity index (χ2v) is 7.93. The summed E-state index contributed by atoms with van der Waals surface area (Å²) in [5.74, 6) is 1.69. The number of halogens is 1. The highest BCUT2D eigenvalue weighted by atomic mass is 32.2. The second kappa shape index (κ2) is 11.8. The summed E-state index contributed by atoms with van der Waals surface area (Å²) in [5.41, 5.74) is 0. The van der Waals surface area contributed by atoms with Crippen LogP contribution >= 0.6 is 11.8 Å². The lowest BCUT2D eigenvalue weighted by molar-refractivity contribution is -0.134. The number of nitrogens with zero attached hydrogens (tertiary/aromatic N) is 2. The minimum atomic E-state index is -0.205. The first-order chi connectivity index (χ1) is 13.1. The summed E-state index contributed by atoms with van der Waals surface area (Å²) < 4.78 is 12.9. The Labute approximate surface area is 166 Å². The molecule has 1 aromatic carbocycles. The van der Waals surface area contributed by atoms with Crippen LogP contribution < -0.4 is 10.6 Å². The van der Waals surface area contributed by atoms with Crippen LogP contribution in [-0.4, -0.2) is 55.2 Å². The summed E-state index contributed by atoms with van der Waals surface area (Å²) in [5, 5.41) is 6.48. The third-order valence-electron chi connectivity index (χ3n) is 4.67. The molecule has 0 radical (unpaired) electrons. The molecule has 5 nitrogen and oxygen atoms in total. The molecular weight excluding hydrogens is 363 g/mol. The van der Waals surface area contributed by atoms with E-state index < -0.39 is 0 Å². The fraction of sp³-hybridized carbons (Fsp3) is 0.600. The Morgan fingerprint density at radius 3 is 2.70 bits per heavy atom. The van der Waals surface area contributed by atoms with E-state index in [9.17, 15) is 9.18 Å². The zero-order valence-electron chi connectivity index (χ0n) is 16.3. The van der Waals surface area contributed by atoms with Crippen molar-refractivity contribution in [2.75, 3.05) is 32.4 Å². The monoisotopic (exact) mass is 394 g/mol. The number of guanidine groups is 1. The van der Waals surface area contributed by atoms with E-state index in [4.69, 9.17) is 0 Å². The Morgan fingerprint density at radius 1 is 1.26 bits per heavy atom. The van der Waals surface area contributed by atoms with E-state index in [1.807, 2.05) is 4.90 Å². The maximum absolute atomic E-state index is 12.9. The van der Waals surface area contributed by atoms with E-state index in [-0.39, 0.29) is 11.7 Å². The van der Waals surface area contributed by atoms with Crippen molar-refractivity contribution < 1.29 is 9.18 Å². The molecule has 7 heteroatoms. The van der Waals surface area contributed by atoms with Crippen LogP contribution in [0.3, 0.4) is 0 Å². The zero-order valence-corrected chi connectivity index (χ0v) is 17.2. The van der Waals surface area contributed by atoms with E-state index in [0.29, 0.717) is 19.0 Å². The highest BCUT2D eigenvalue weighted by Gasteiger charge is 2.22. The van der Waals surface area contributed by atoms with Gasteiger partial charge in [-0.3, -0.25) is 9.79 Å². The quantitative estimate of drug-likeness (QED) is 0.308. The van der Waals surface area contributed by atoms with Crippen LogP contribution in [0.25, 0.3) is 0 Å². The molecule has 1 saturated heterocycles. The summed E-state index contributed by atoms with van der Waals surface area (Å²) in [6.45, 7) is 4.41. The van der Waals surface area contributed by atoms with E-state index in [1.54, 1.807) is 30.9 Å². The van der Waals surface area contributed by atoms with Gasteiger partial charge in [-0.1, -0.05) is 0 Å². The first kappa shape index (κ1) is 21.5. The van der Waals surface area contributed by atoms with Crippen LogP contribution in [0.4, 0.5) is 4.39 Å². The van der Waals surface area contributed by atoms with E-state index >= 15 is 0 Å². The minimum Gasteiger partial charge on any atom is -0.356 e. The number of carbonyl (C=O) groups excluding carboxylic acids is 1. The molecule has 1 unspecified atom stereocenters. The number of aliphatic imine (C=N–C) groups is 1. The number of hydrogen-bond donors (Lipinski definition) is 2. The molecule has 150 valence electrons. The van der Waals surface area contributed by atoms with Gasteiger partial charge in [-0.15, -0.1) is 11.8 Å². The van der Waals surface area contributed by atoms with Crippen molar-refractivity contribution in [3.63, 3.8) is 0 Å². The maximum atomic E-state index is 12.9. The summed E-state index contributed by atoms with van der Waals surface area (Å²) in [4.78, 5) is 19.6. The Kier molecular flexibility index (Phi) is 9.45. The van der Waals surface area contributed by atoms with Crippen molar-refractivity contribution in [2.45, 2.75) is 50.0 Å². The van der Waals surface area contributed by atoms with Crippen LogP contribution in [-0.2, 0) is 4.79 Å². The van der Waals surface area contributed by atoms with Crippen LogP contribution in [0.5, 0.6) is 0 Å². The van der Waals surface area contributed by atoms with Gasteiger partial charge in [0.1, 0.15) is 5.82 Å². The van der Waals surface area contributed by atoms with Crippen molar-refractivity contribution in [3.8, 4) is 0 Å². The smallest absolute Gasteiger partial charge is 0.224 e. The molecule has 0 aromatic heterocycles. The molecule has 1 aliphatic rings. The van der Waals surface area contributed by atoms with Gasteiger partial charge in [0.05, 0.1) is 0 Å². The van der Waals surface area contributed by atoms with Gasteiger partial charge in [-0.2, -0.15) is 0 Å². The van der Waals surface area contributed by atoms with Crippen LogP contribution in [0.15, 0.2) is 34.2 Å². The Bertz CT molecular complexity index is 609. The summed E-state index contributed by atoms with van der Waals surface area (Å²) in [6, 6.07) is 6.93. The van der Waals surface area contributed by atoms with Gasteiger partial charge in [-0.05, 0) is 62.6 Å². The lowest BCUT2D eigenvalue weighted by Crippen LogP contribution is -2.44. The number of carbonyl (C=O) groups is 1. The molecule has 1 heterocycles. The van der Waals surface area contributed by atoms with Crippen molar-refractivity contribution in [1.82, 2.24) is 15.5 Å². The van der Waals surface area contributed by atoms with E-state index in [0.717, 1.165) is 49.0 Å². The van der Waals surface area contributed by atoms with Gasteiger partial charge in [0.2, 0.25) is 5.91 Å². The van der Waals surface area contributed by atoms with Crippen molar-refractivity contribution in [2.24, 2.45) is 4.99 Å². The number of amides is 1. The van der Waals surface area contributed by atoms with Crippen LogP contribution in [0, 0.1) is 5.82 Å². The molecular formula is C20H31FN4OS. The molecule has 1 atom stereocenters. The topological polar surface area (TPSA) is 56.7 Å². The lowest BCUT2D eigenvalue weighted by Gasteiger charge is -2.33. The molecule has 2 N–H and O–H groups in total. The van der Waals surface area contributed by atoms with Gasteiger partial charge >= 0.3 is 0 Å². The lowest BCUT2D eigenvalue weighted by atomic mass is 10.0. The van der Waals surface area contributed by atoms with Crippen LogP contribution in [0.1, 0.15) is 39.0 Å². The van der Waals surface area contributed by atoms with Crippen molar-refractivity contribution in [3.05, 3.63) is 30.1 Å². The molecule has 0 spiro atoms. The van der Waals surface area contributed by atoms with Gasteiger partial charge in [0, 0.05) is 44.0 Å². The number of hydrogen-bond acceptors (Lipinski definition) is 3. The number of thioether (sulfide) groups is 1. The van der Waals surface area contributed by atoms with Gasteiger partial charge in [0.25, 0.3) is 0 Å². The number of rotatable bonds is 8. The fourth-order valence-corrected chi connectivity index (χ4v) is 3.97. The maximum Gasteiger partial charge on any atom is 0.224 e. The molecule has 0 bridgehead atoms. The van der Waals surface area contributed by atoms with Gasteiger partial charge in [0.15, 0.2) is 5.96 Å². The van der Waals surface area contributed by atoms with Crippen LogP contribution in [0.2, 0.25) is 0 Å². The standard InChI is InChI=1S/C20H31FN4OS/c1-16-6-3-4-14-25(16)19(26)11-13-24-20(22-2)23-12-5-15-27-18-9-7-17(21)8-10-18/h7-10,16H,3-6,11-15H2,1-2H3,(H2,22,23,24). The predicted molar refractivity (Wildman–Crippen MR) is 111 cm³/mol. The van der Waals surface area contributed by atoms with Crippen molar-refractivity contribution in [1.29, 1.82) is 0 Å². The molecule has 27 heavy (non-hydrogen) atoms. The van der Waals surface area contributed by atoms with Gasteiger partial charge in [-0.25, -0.2) is 4.39 Å². The highest BCUT2D eigenvalue weighted by Crippen LogP contribution is 2.18. The van der Waals surface area contributed by atoms with Gasteiger partial charge < -0.3 is 15.5 Å². The largest absolute Gasteiger partial charge is 0.356 e. The minimum absolute atomic E-state index is 0.205. The average Bonchev–Trinajstić information content (AvgIpc) is 2.68. The predicted octanol–water partition coefficient (Wildman–Crippen LogP) is 3.26. The Morgan fingerprint density at radius 2 is 2.00 bits per heavy atom. The third kappa shape index (κ3) is 7.79. The SMILES string of the molecule is CN=C(NCCCSc1ccc(F)cc1)NCCC(=O)N1CCCCC1C. The molecule has 1 aromatic rings. The summed E-state index contributed by atoms with van der Waals surface area (Å²) >= 11 is 1.71. The molecule has 1 fully saturated rings. The van der Waals surface area contributed by atoms with Crippen molar-refractivity contribution >= 4 is 23.6 Å². The third-order valence-corrected chi connectivity index (χ3v) is 5.77. The number of piperidine rings is 1. The normalized spacial score (nSPS) is 17.7. The Balaban J connectivity index is 1.57. The second-order valence-electron chi connectivity index (χ2n) is 6.76. The number of likely N-dealkylation sites (tertiary alicyclic amines) is 1. The molecule has 0 saturated carbocycles. The molecule has 1 amide bonds. The molecule has 1 aliphatic heterocycles. The first-order valence-corrected chi connectivity index (χ1v) is 10.7. The van der Waals surface area contributed by atoms with E-state index in [1.165, 1.54) is 18.6 Å². The number of benzene rings is 1. The first-order valence-electron chi connectivity index (χ1n) is 9.72. The highest BCUT2D eigenvalue weighted by molar-refractivity contribution is 7.99. The molecule has 0 aliphatic carbocycles. The fourth-order valence-electron chi connectivity index (χ4n) is 3.12.